The molecule has 2 aliphatic heterocycles. The summed E-state index contributed by atoms with van der Waals surface area (Å²) in [6, 6.07) is 6.36. The fourth-order valence-electron chi connectivity index (χ4n) is 4.95. The van der Waals surface area contributed by atoms with Gasteiger partial charge in [0.05, 0.1) is 11.5 Å². The van der Waals surface area contributed by atoms with Gasteiger partial charge < -0.3 is 10.2 Å². The zero-order chi connectivity index (χ0) is 21.7. The van der Waals surface area contributed by atoms with Gasteiger partial charge in [-0.25, -0.2) is 13.2 Å². The van der Waals surface area contributed by atoms with Gasteiger partial charge in [0.2, 0.25) is 5.91 Å². The van der Waals surface area contributed by atoms with Gasteiger partial charge in [-0.1, -0.05) is 31.2 Å². The molecule has 4 amide bonds. The van der Waals surface area contributed by atoms with Crippen LogP contribution in [0, 0.1) is 0 Å². The van der Waals surface area contributed by atoms with Crippen LogP contribution in [0.1, 0.15) is 44.2 Å². The van der Waals surface area contributed by atoms with E-state index in [4.69, 9.17) is 0 Å². The quantitative estimate of drug-likeness (QED) is 0.703. The molecule has 2 fully saturated rings. The molecule has 0 radical (unpaired) electrons. The molecule has 0 aromatic heterocycles. The van der Waals surface area contributed by atoms with Crippen LogP contribution in [0.4, 0.5) is 4.79 Å². The number of imide groups is 1. The fourth-order valence-corrected chi connectivity index (χ4v) is 6.66. The highest BCUT2D eigenvalue weighted by molar-refractivity contribution is 7.91. The number of sulfone groups is 1. The van der Waals surface area contributed by atoms with E-state index in [1.54, 1.807) is 4.90 Å². The van der Waals surface area contributed by atoms with Crippen LogP contribution >= 0.6 is 0 Å². The van der Waals surface area contributed by atoms with Gasteiger partial charge in [0.15, 0.2) is 9.84 Å². The summed E-state index contributed by atoms with van der Waals surface area (Å²) in [5.41, 5.74) is 0.710. The van der Waals surface area contributed by atoms with Crippen molar-refractivity contribution in [2.75, 3.05) is 18.1 Å². The number of urea groups is 1. The number of carbonyl (C=O) groups excluding carboxylic acids is 3. The number of fused-ring (bicyclic) bond motifs is 2. The van der Waals surface area contributed by atoms with Gasteiger partial charge in [0, 0.05) is 12.1 Å². The van der Waals surface area contributed by atoms with Crippen molar-refractivity contribution in [2.24, 2.45) is 0 Å². The van der Waals surface area contributed by atoms with E-state index in [0.717, 1.165) is 16.0 Å². The highest BCUT2D eigenvalue weighted by Gasteiger charge is 2.55. The van der Waals surface area contributed by atoms with Crippen molar-refractivity contribution < 1.29 is 22.8 Å². The molecule has 30 heavy (non-hydrogen) atoms. The first-order chi connectivity index (χ1) is 14.2. The van der Waals surface area contributed by atoms with E-state index in [1.807, 2.05) is 38.1 Å². The minimum atomic E-state index is -3.17. The first-order valence-corrected chi connectivity index (χ1v) is 12.2. The lowest BCUT2D eigenvalue weighted by Crippen LogP contribution is -2.51. The highest BCUT2D eigenvalue weighted by Crippen LogP contribution is 2.41. The Morgan fingerprint density at radius 1 is 1.33 bits per heavy atom. The van der Waals surface area contributed by atoms with Gasteiger partial charge in [0.1, 0.15) is 12.1 Å². The summed E-state index contributed by atoms with van der Waals surface area (Å²) >= 11 is 0. The Kier molecular flexibility index (Phi) is 5.12. The summed E-state index contributed by atoms with van der Waals surface area (Å²) in [7, 11) is -3.17. The van der Waals surface area contributed by atoms with Gasteiger partial charge in [-0.15, -0.1) is 0 Å². The number of hydrogen-bond donors (Lipinski definition) is 1. The summed E-state index contributed by atoms with van der Waals surface area (Å²) in [6.45, 7) is 3.41. The highest BCUT2D eigenvalue weighted by atomic mass is 32.2. The van der Waals surface area contributed by atoms with Crippen molar-refractivity contribution in [2.45, 2.75) is 57.2 Å². The molecule has 162 valence electrons. The van der Waals surface area contributed by atoms with E-state index < -0.39 is 39.3 Å². The van der Waals surface area contributed by atoms with Crippen LogP contribution in [-0.2, 0) is 31.4 Å². The van der Waals surface area contributed by atoms with Gasteiger partial charge >= 0.3 is 6.03 Å². The molecule has 8 nitrogen and oxygen atoms in total. The molecule has 1 aromatic carbocycles. The topological polar surface area (TPSA) is 104 Å². The van der Waals surface area contributed by atoms with Crippen LogP contribution < -0.4 is 5.32 Å². The zero-order valence-electron chi connectivity index (χ0n) is 17.3. The molecule has 4 rings (SSSR count). The van der Waals surface area contributed by atoms with Gasteiger partial charge in [0.25, 0.3) is 5.91 Å². The molecule has 2 heterocycles. The van der Waals surface area contributed by atoms with Crippen LogP contribution in [0.15, 0.2) is 24.3 Å². The van der Waals surface area contributed by atoms with E-state index >= 15 is 0 Å². The number of aryl methyl sites for hydroxylation is 1. The van der Waals surface area contributed by atoms with Gasteiger partial charge in [-0.05, 0) is 43.7 Å². The average molecular weight is 434 g/mol. The number of nitrogens with zero attached hydrogens (tertiary/aromatic N) is 2. The number of rotatable bonds is 5. The molecule has 2 saturated heterocycles. The molecule has 0 unspecified atom stereocenters. The lowest BCUT2D eigenvalue weighted by molar-refractivity contribution is -0.141. The average Bonchev–Trinajstić information content (AvgIpc) is 3.33. The van der Waals surface area contributed by atoms with Crippen molar-refractivity contribution in [3.8, 4) is 0 Å². The Morgan fingerprint density at radius 3 is 2.73 bits per heavy atom. The van der Waals surface area contributed by atoms with Crippen LogP contribution in [0.2, 0.25) is 0 Å². The molecule has 1 aliphatic carbocycles. The van der Waals surface area contributed by atoms with E-state index in [-0.39, 0.29) is 24.1 Å². The molecule has 9 heteroatoms. The summed E-state index contributed by atoms with van der Waals surface area (Å²) in [4.78, 5) is 41.8. The first kappa shape index (κ1) is 20.8. The minimum Gasteiger partial charge on any atom is -0.334 e. The predicted octanol–water partition coefficient (Wildman–Crippen LogP) is 1.19. The smallest absolute Gasteiger partial charge is 0.325 e. The molecule has 1 aromatic rings. The molecule has 3 aliphatic rings. The van der Waals surface area contributed by atoms with Crippen molar-refractivity contribution in [1.82, 2.24) is 15.1 Å². The molecule has 0 bridgehead atoms. The zero-order valence-corrected chi connectivity index (χ0v) is 18.1. The van der Waals surface area contributed by atoms with E-state index in [9.17, 15) is 22.8 Å². The Labute approximate surface area is 176 Å². The third kappa shape index (κ3) is 3.29. The molecule has 3 atom stereocenters. The third-order valence-corrected chi connectivity index (χ3v) is 8.42. The summed E-state index contributed by atoms with van der Waals surface area (Å²) in [5.74, 6) is -0.811. The molecule has 1 N–H and O–H groups in total. The van der Waals surface area contributed by atoms with Gasteiger partial charge in [-0.2, -0.15) is 0 Å². The Bertz CT molecular complexity index is 1010. The number of carbonyl (C=O) groups is 3. The number of benzene rings is 1. The monoisotopic (exact) mass is 433 g/mol. The summed E-state index contributed by atoms with van der Waals surface area (Å²) < 4.78 is 23.9. The lowest BCUT2D eigenvalue weighted by atomic mass is 9.92. The molecule has 1 spiro atoms. The Balaban J connectivity index is 1.57. The number of hydrogen-bond acceptors (Lipinski definition) is 5. The third-order valence-electron chi connectivity index (χ3n) is 6.67. The van der Waals surface area contributed by atoms with E-state index in [0.29, 0.717) is 25.7 Å². The second kappa shape index (κ2) is 7.37. The van der Waals surface area contributed by atoms with Crippen molar-refractivity contribution in [3.05, 3.63) is 35.4 Å². The van der Waals surface area contributed by atoms with Crippen molar-refractivity contribution >= 4 is 27.7 Å². The minimum absolute atomic E-state index is 0.0565. The SMILES string of the molecule is CC[C@H](C)N(C(=O)CN1C(=O)N[C@@]2(CCc3ccccc32)C1=O)[C@@H]1CCS(=O)(=O)C1. The van der Waals surface area contributed by atoms with E-state index in [1.165, 1.54) is 0 Å². The number of amides is 4. The van der Waals surface area contributed by atoms with Gasteiger partial charge in [-0.3, -0.25) is 14.5 Å². The maximum atomic E-state index is 13.3. The molecular weight excluding hydrogens is 406 g/mol. The van der Waals surface area contributed by atoms with Crippen LogP contribution in [0.5, 0.6) is 0 Å². The fraction of sp³-hybridized carbons (Fsp3) is 0.571. The lowest BCUT2D eigenvalue weighted by Gasteiger charge is -2.34. The van der Waals surface area contributed by atoms with Crippen LogP contribution in [-0.4, -0.2) is 66.2 Å². The molecule has 0 saturated carbocycles. The Morgan fingerprint density at radius 2 is 2.07 bits per heavy atom. The maximum Gasteiger partial charge on any atom is 0.325 e. The van der Waals surface area contributed by atoms with Crippen LogP contribution in [0.3, 0.4) is 0 Å². The second-order valence-electron chi connectivity index (χ2n) is 8.50. The standard InChI is InChI=1S/C21H27N3O5S/c1-3-14(2)24(16-9-11-30(28,29)13-16)18(25)12-23-19(26)21(22-20(23)27)10-8-15-6-4-5-7-17(15)21/h4-7,14,16H,3,8-13H2,1-2H3,(H,22,27)/t14-,16+,21+/m0/s1. The second-order valence-corrected chi connectivity index (χ2v) is 10.7. The normalized spacial score (nSPS) is 27.9. The predicted molar refractivity (Wildman–Crippen MR) is 110 cm³/mol. The van der Waals surface area contributed by atoms with Crippen molar-refractivity contribution in [1.29, 1.82) is 0 Å². The number of nitrogens with one attached hydrogen (secondary N) is 1. The van der Waals surface area contributed by atoms with E-state index in [2.05, 4.69) is 5.32 Å². The maximum absolute atomic E-state index is 13.3. The largest absolute Gasteiger partial charge is 0.334 e. The molecular formula is C21H27N3O5S. The first-order valence-electron chi connectivity index (χ1n) is 10.4. The van der Waals surface area contributed by atoms with Crippen molar-refractivity contribution in [3.63, 3.8) is 0 Å². The van der Waals surface area contributed by atoms with Crippen LogP contribution in [0.25, 0.3) is 0 Å². The summed E-state index contributed by atoms with van der Waals surface area (Å²) in [5, 5.41) is 2.83. The Hall–Kier alpha value is -2.42. The summed E-state index contributed by atoms with van der Waals surface area (Å²) in [6.07, 6.45) is 2.19.